The molecule has 0 saturated heterocycles. The fraction of sp³-hybridized carbons (Fsp3) is 0.261. The molecule has 9 heteroatoms. The Morgan fingerprint density at radius 2 is 1.69 bits per heavy atom. The number of nitrogens with one attached hydrogen (secondary N) is 2. The Bertz CT molecular complexity index is 1040. The van der Waals surface area contributed by atoms with Gasteiger partial charge in [-0.25, -0.2) is 8.78 Å². The lowest BCUT2D eigenvalue weighted by Gasteiger charge is -2.16. The van der Waals surface area contributed by atoms with E-state index in [9.17, 15) is 18.4 Å². The molecule has 3 aromatic rings. The minimum absolute atomic E-state index is 0.0544. The highest BCUT2D eigenvalue weighted by molar-refractivity contribution is 8.00. The van der Waals surface area contributed by atoms with Crippen molar-refractivity contribution in [3.63, 3.8) is 0 Å². The number of aryl methyl sites for hydroxylation is 1. The Labute approximate surface area is 189 Å². The van der Waals surface area contributed by atoms with Crippen LogP contribution in [0.3, 0.4) is 0 Å². The lowest BCUT2D eigenvalue weighted by Crippen LogP contribution is -2.30. The first-order valence-corrected chi connectivity index (χ1v) is 11.2. The predicted octanol–water partition coefficient (Wildman–Crippen LogP) is 4.12. The summed E-state index contributed by atoms with van der Waals surface area (Å²) in [6.45, 7) is 0.575. The van der Waals surface area contributed by atoms with Crippen LogP contribution in [0, 0.1) is 11.6 Å². The van der Waals surface area contributed by atoms with Gasteiger partial charge in [0.15, 0.2) is 0 Å². The Balaban J connectivity index is 1.33. The van der Waals surface area contributed by atoms with Crippen molar-refractivity contribution in [3.05, 3.63) is 71.9 Å². The van der Waals surface area contributed by atoms with E-state index in [0.29, 0.717) is 12.2 Å². The molecule has 168 valence electrons. The molecule has 2 amide bonds. The maximum atomic E-state index is 13.0. The number of thioether (sulfide) groups is 1. The van der Waals surface area contributed by atoms with Crippen LogP contribution in [-0.4, -0.2) is 52.0 Å². The molecular weight excluding hydrogens is 434 g/mol. The van der Waals surface area contributed by atoms with Gasteiger partial charge in [-0.2, -0.15) is 5.10 Å². The second-order valence-corrected chi connectivity index (χ2v) is 8.24. The molecule has 0 atom stereocenters. The molecule has 3 rings (SSSR count). The zero-order valence-electron chi connectivity index (χ0n) is 17.6. The van der Waals surface area contributed by atoms with E-state index >= 15 is 0 Å². The molecule has 1 heterocycles. The average molecular weight is 459 g/mol. The monoisotopic (exact) mass is 458 g/mol. The van der Waals surface area contributed by atoms with Gasteiger partial charge >= 0.3 is 0 Å². The van der Waals surface area contributed by atoms with Gasteiger partial charge in [0.25, 0.3) is 0 Å². The number of anilines is 1. The number of aromatic nitrogens is 2. The van der Waals surface area contributed by atoms with E-state index in [2.05, 4.69) is 15.5 Å². The summed E-state index contributed by atoms with van der Waals surface area (Å²) in [5.74, 6) is -0.617. The van der Waals surface area contributed by atoms with Crippen LogP contribution in [0.25, 0.3) is 11.3 Å². The molecule has 0 aliphatic carbocycles. The summed E-state index contributed by atoms with van der Waals surface area (Å²) in [6.07, 6.45) is 1.47. The van der Waals surface area contributed by atoms with Crippen LogP contribution in [0.4, 0.5) is 14.5 Å². The van der Waals surface area contributed by atoms with Crippen LogP contribution < -0.4 is 5.32 Å². The fourth-order valence-electron chi connectivity index (χ4n) is 2.96. The highest BCUT2D eigenvalue weighted by Crippen LogP contribution is 2.18. The lowest BCUT2D eigenvalue weighted by molar-refractivity contribution is -0.127. The van der Waals surface area contributed by atoms with Gasteiger partial charge in [0.05, 0.1) is 17.2 Å². The summed E-state index contributed by atoms with van der Waals surface area (Å²) < 4.78 is 25.9. The summed E-state index contributed by atoms with van der Waals surface area (Å²) in [7, 11) is 1.73. The smallest absolute Gasteiger partial charge is 0.234 e. The number of amides is 2. The van der Waals surface area contributed by atoms with Crippen LogP contribution >= 0.6 is 11.8 Å². The number of hydrogen-bond acceptors (Lipinski definition) is 4. The number of benzene rings is 2. The van der Waals surface area contributed by atoms with Gasteiger partial charge in [-0.05, 0) is 67.4 Å². The topological polar surface area (TPSA) is 78.1 Å². The van der Waals surface area contributed by atoms with Gasteiger partial charge in [-0.1, -0.05) is 0 Å². The standard InChI is InChI=1S/C23H24F2N4O2S/c1-29(23(31)15-32-14-22(30)26-19-10-8-18(25)9-11-19)12-2-3-20-13-21(28-27-20)16-4-6-17(24)7-5-16/h4-11,13H,2-3,12,14-15H2,1H3,(H,26,30)(H,27,28). The molecular formula is C23H24F2N4O2S. The first-order chi connectivity index (χ1) is 15.4. The Morgan fingerprint density at radius 1 is 1.03 bits per heavy atom. The molecule has 0 spiro atoms. The van der Waals surface area contributed by atoms with E-state index in [1.807, 2.05) is 6.07 Å². The number of aromatic amines is 1. The van der Waals surface area contributed by atoms with E-state index in [4.69, 9.17) is 0 Å². The summed E-state index contributed by atoms with van der Waals surface area (Å²) in [6, 6.07) is 13.6. The number of carbonyl (C=O) groups is 2. The molecule has 0 fully saturated rings. The fourth-order valence-corrected chi connectivity index (χ4v) is 3.72. The molecule has 32 heavy (non-hydrogen) atoms. The molecule has 0 aliphatic heterocycles. The molecule has 0 saturated carbocycles. The number of hydrogen-bond donors (Lipinski definition) is 2. The van der Waals surface area contributed by atoms with Gasteiger partial charge in [-0.3, -0.25) is 14.7 Å². The van der Waals surface area contributed by atoms with Gasteiger partial charge in [0.1, 0.15) is 11.6 Å². The molecule has 0 bridgehead atoms. The van der Waals surface area contributed by atoms with Crippen molar-refractivity contribution in [3.8, 4) is 11.3 Å². The zero-order valence-corrected chi connectivity index (χ0v) is 18.4. The maximum absolute atomic E-state index is 13.0. The SMILES string of the molecule is CN(CCCc1cc(-c2ccc(F)cc2)n[nH]1)C(=O)CSCC(=O)Nc1ccc(F)cc1. The quantitative estimate of drug-likeness (QED) is 0.479. The first kappa shape index (κ1) is 23.5. The van der Waals surface area contributed by atoms with Crippen LogP contribution in [0.5, 0.6) is 0 Å². The van der Waals surface area contributed by atoms with E-state index in [1.54, 1.807) is 24.1 Å². The second kappa shape index (κ2) is 11.4. The number of rotatable bonds is 10. The number of carbonyl (C=O) groups excluding carboxylic acids is 2. The number of halogens is 2. The van der Waals surface area contributed by atoms with E-state index in [0.717, 1.165) is 29.8 Å². The van der Waals surface area contributed by atoms with Crippen LogP contribution in [0.15, 0.2) is 54.6 Å². The third kappa shape index (κ3) is 7.19. The second-order valence-electron chi connectivity index (χ2n) is 7.25. The van der Waals surface area contributed by atoms with Crippen LogP contribution in [0.2, 0.25) is 0 Å². The van der Waals surface area contributed by atoms with Gasteiger partial charge in [0.2, 0.25) is 11.8 Å². The maximum Gasteiger partial charge on any atom is 0.234 e. The largest absolute Gasteiger partial charge is 0.345 e. The predicted molar refractivity (Wildman–Crippen MR) is 122 cm³/mol. The van der Waals surface area contributed by atoms with E-state index in [-0.39, 0.29) is 35.0 Å². The summed E-state index contributed by atoms with van der Waals surface area (Å²) in [5.41, 5.74) is 3.04. The number of nitrogens with zero attached hydrogens (tertiary/aromatic N) is 2. The zero-order chi connectivity index (χ0) is 22.9. The van der Waals surface area contributed by atoms with Crippen molar-refractivity contribution in [1.82, 2.24) is 15.1 Å². The van der Waals surface area contributed by atoms with Crippen molar-refractivity contribution >= 4 is 29.3 Å². The van der Waals surface area contributed by atoms with Crippen molar-refractivity contribution < 1.29 is 18.4 Å². The Morgan fingerprint density at radius 3 is 2.38 bits per heavy atom. The summed E-state index contributed by atoms with van der Waals surface area (Å²) in [5, 5.41) is 9.89. The third-order valence-electron chi connectivity index (χ3n) is 4.72. The molecule has 1 aromatic heterocycles. The molecule has 0 unspecified atom stereocenters. The average Bonchev–Trinajstić information content (AvgIpc) is 3.24. The van der Waals surface area contributed by atoms with Crippen LogP contribution in [0.1, 0.15) is 12.1 Å². The van der Waals surface area contributed by atoms with E-state index < -0.39 is 0 Å². The molecule has 0 aliphatic rings. The molecule has 0 radical (unpaired) electrons. The molecule has 2 N–H and O–H groups in total. The van der Waals surface area contributed by atoms with Gasteiger partial charge < -0.3 is 10.2 Å². The van der Waals surface area contributed by atoms with Crippen molar-refractivity contribution in [2.24, 2.45) is 0 Å². The normalized spacial score (nSPS) is 10.7. The van der Waals surface area contributed by atoms with Gasteiger partial charge in [-0.15, -0.1) is 11.8 Å². The highest BCUT2D eigenvalue weighted by atomic mass is 32.2. The Kier molecular flexibility index (Phi) is 8.38. The van der Waals surface area contributed by atoms with Crippen molar-refractivity contribution in [2.75, 3.05) is 30.4 Å². The third-order valence-corrected chi connectivity index (χ3v) is 5.64. The van der Waals surface area contributed by atoms with Crippen molar-refractivity contribution in [2.45, 2.75) is 12.8 Å². The lowest BCUT2D eigenvalue weighted by atomic mass is 10.1. The van der Waals surface area contributed by atoms with E-state index in [1.165, 1.54) is 48.2 Å². The summed E-state index contributed by atoms with van der Waals surface area (Å²) in [4.78, 5) is 25.8. The first-order valence-electron chi connectivity index (χ1n) is 10.1. The minimum atomic E-state index is -0.369. The summed E-state index contributed by atoms with van der Waals surface area (Å²) >= 11 is 1.23. The van der Waals surface area contributed by atoms with Crippen LogP contribution in [-0.2, 0) is 16.0 Å². The Hall–Kier alpha value is -3.20. The molecule has 2 aromatic carbocycles. The van der Waals surface area contributed by atoms with Gasteiger partial charge in [0, 0.05) is 30.5 Å². The molecule has 6 nitrogen and oxygen atoms in total. The minimum Gasteiger partial charge on any atom is -0.345 e. The highest BCUT2D eigenvalue weighted by Gasteiger charge is 2.11. The van der Waals surface area contributed by atoms with Crippen molar-refractivity contribution in [1.29, 1.82) is 0 Å². The number of H-pyrrole nitrogens is 1.